The van der Waals surface area contributed by atoms with Crippen LogP contribution in [-0.4, -0.2) is 36.8 Å². The van der Waals surface area contributed by atoms with Gasteiger partial charge >= 0.3 is 0 Å². The second-order valence-corrected chi connectivity index (χ2v) is 7.95. The molecule has 21 heavy (non-hydrogen) atoms. The Hall–Kier alpha value is -1.51. The average Bonchev–Trinajstić information content (AvgIpc) is 2.93. The van der Waals surface area contributed by atoms with Crippen molar-refractivity contribution in [1.29, 1.82) is 0 Å². The van der Waals surface area contributed by atoms with Crippen molar-refractivity contribution >= 4 is 27.2 Å². The van der Waals surface area contributed by atoms with Gasteiger partial charge in [-0.25, -0.2) is 22.7 Å². The van der Waals surface area contributed by atoms with Gasteiger partial charge in [-0.15, -0.1) is 11.3 Å². The molecule has 2 rings (SSSR count). The van der Waals surface area contributed by atoms with Crippen LogP contribution in [0, 0.1) is 0 Å². The maximum absolute atomic E-state index is 11.9. The first-order valence-corrected chi connectivity index (χ1v) is 8.75. The van der Waals surface area contributed by atoms with Crippen molar-refractivity contribution in [1.82, 2.24) is 14.3 Å². The molecule has 1 N–H and O–H groups in total. The van der Waals surface area contributed by atoms with Gasteiger partial charge in [0.05, 0.1) is 6.54 Å². The van der Waals surface area contributed by atoms with Crippen molar-refractivity contribution in [2.75, 3.05) is 19.4 Å². The predicted molar refractivity (Wildman–Crippen MR) is 83.9 cm³/mol. The van der Waals surface area contributed by atoms with E-state index >= 15 is 0 Å². The molecule has 2 aromatic rings. The Morgan fingerprint density at radius 1 is 1.24 bits per heavy atom. The van der Waals surface area contributed by atoms with Gasteiger partial charge in [-0.2, -0.15) is 0 Å². The number of hydrogen-bond donors (Lipinski definition) is 1. The van der Waals surface area contributed by atoms with Crippen molar-refractivity contribution in [3.8, 4) is 0 Å². The summed E-state index contributed by atoms with van der Waals surface area (Å²) in [6, 6.07) is 3.20. The van der Waals surface area contributed by atoms with E-state index in [4.69, 9.17) is 0 Å². The number of nitrogens with one attached hydrogen (secondary N) is 1. The number of aromatic nitrogens is 2. The predicted octanol–water partition coefficient (Wildman–Crippen LogP) is 1.96. The van der Waals surface area contributed by atoms with E-state index < -0.39 is 10.0 Å². The van der Waals surface area contributed by atoms with Crippen molar-refractivity contribution in [2.45, 2.75) is 24.8 Å². The lowest BCUT2D eigenvalue weighted by Crippen LogP contribution is -2.22. The van der Waals surface area contributed by atoms with Crippen LogP contribution < -0.4 is 5.32 Å². The fraction of sp³-hybridized carbons (Fsp3) is 0.385. The third kappa shape index (κ3) is 3.78. The zero-order chi connectivity index (χ0) is 15.5. The summed E-state index contributed by atoms with van der Waals surface area (Å²) in [7, 11) is -0.437. The molecule has 0 bridgehead atoms. The number of thiazole rings is 1. The highest BCUT2D eigenvalue weighted by atomic mass is 32.2. The van der Waals surface area contributed by atoms with E-state index in [9.17, 15) is 8.42 Å². The number of anilines is 1. The minimum absolute atomic E-state index is 0.181. The van der Waals surface area contributed by atoms with Gasteiger partial charge in [0.2, 0.25) is 10.0 Å². The van der Waals surface area contributed by atoms with Crippen molar-refractivity contribution in [2.24, 2.45) is 0 Å². The fourth-order valence-corrected chi connectivity index (χ4v) is 3.26. The summed E-state index contributed by atoms with van der Waals surface area (Å²) < 4.78 is 25.0. The molecule has 114 valence electrons. The molecule has 0 spiro atoms. The standard InChI is InChI=1S/C13H18N4O2S2/c1-4-10-7-16-13(20-10)9-15-12-6-5-11(8-14-12)21(18,19)17(2)3/h5-8H,4,9H2,1-3H3,(H,14,15). The van der Waals surface area contributed by atoms with E-state index in [1.165, 1.54) is 29.5 Å². The second-order valence-electron chi connectivity index (χ2n) is 4.59. The minimum atomic E-state index is -3.43. The van der Waals surface area contributed by atoms with E-state index in [2.05, 4.69) is 22.2 Å². The molecule has 0 aromatic carbocycles. The first-order valence-electron chi connectivity index (χ1n) is 6.49. The van der Waals surface area contributed by atoms with Gasteiger partial charge in [-0.1, -0.05) is 6.92 Å². The van der Waals surface area contributed by atoms with E-state index in [0.29, 0.717) is 12.4 Å². The Balaban J connectivity index is 2.03. The molecule has 0 aliphatic carbocycles. The molecular weight excluding hydrogens is 308 g/mol. The molecule has 0 radical (unpaired) electrons. The van der Waals surface area contributed by atoms with Gasteiger partial charge in [0.1, 0.15) is 15.7 Å². The molecule has 2 aromatic heterocycles. The monoisotopic (exact) mass is 326 g/mol. The Labute approximate surface area is 128 Å². The van der Waals surface area contributed by atoms with Crippen LogP contribution in [0.4, 0.5) is 5.82 Å². The average molecular weight is 326 g/mol. The van der Waals surface area contributed by atoms with Crippen LogP contribution in [0.15, 0.2) is 29.4 Å². The highest BCUT2D eigenvalue weighted by Crippen LogP contribution is 2.16. The quantitative estimate of drug-likeness (QED) is 0.878. The van der Waals surface area contributed by atoms with Crippen LogP contribution in [0.3, 0.4) is 0 Å². The summed E-state index contributed by atoms with van der Waals surface area (Å²) in [5.41, 5.74) is 0. The molecule has 0 fully saturated rings. The van der Waals surface area contributed by atoms with Crippen LogP contribution in [-0.2, 0) is 23.0 Å². The van der Waals surface area contributed by atoms with Gasteiger partial charge in [-0.3, -0.25) is 0 Å². The van der Waals surface area contributed by atoms with Crippen molar-refractivity contribution in [3.05, 3.63) is 34.4 Å². The summed E-state index contributed by atoms with van der Waals surface area (Å²) in [6.07, 6.45) is 4.21. The van der Waals surface area contributed by atoms with Gasteiger partial charge in [-0.05, 0) is 18.6 Å². The van der Waals surface area contributed by atoms with E-state index in [0.717, 1.165) is 11.4 Å². The van der Waals surface area contributed by atoms with Gasteiger partial charge in [0.15, 0.2) is 0 Å². The van der Waals surface area contributed by atoms with Crippen LogP contribution in [0.25, 0.3) is 0 Å². The second kappa shape index (κ2) is 6.50. The first kappa shape index (κ1) is 15.9. The Kier molecular flexibility index (Phi) is 4.92. The molecule has 8 heteroatoms. The SMILES string of the molecule is CCc1cnc(CNc2ccc(S(=O)(=O)N(C)C)cn2)s1. The summed E-state index contributed by atoms with van der Waals surface area (Å²) in [4.78, 5) is 9.86. The Morgan fingerprint density at radius 3 is 2.52 bits per heavy atom. The molecule has 0 amide bonds. The number of rotatable bonds is 6. The summed E-state index contributed by atoms with van der Waals surface area (Å²) >= 11 is 1.66. The third-order valence-corrected chi connectivity index (χ3v) is 5.83. The van der Waals surface area contributed by atoms with Crippen LogP contribution >= 0.6 is 11.3 Å². The normalized spacial score (nSPS) is 11.8. The van der Waals surface area contributed by atoms with Crippen LogP contribution in [0.2, 0.25) is 0 Å². The maximum atomic E-state index is 11.9. The van der Waals surface area contributed by atoms with Crippen LogP contribution in [0.1, 0.15) is 16.8 Å². The molecule has 0 saturated carbocycles. The molecule has 6 nitrogen and oxygen atoms in total. The van der Waals surface area contributed by atoms with E-state index in [1.54, 1.807) is 23.5 Å². The molecule has 2 heterocycles. The fourth-order valence-electron chi connectivity index (χ4n) is 1.61. The minimum Gasteiger partial charge on any atom is -0.364 e. The van der Waals surface area contributed by atoms with Crippen LogP contribution in [0.5, 0.6) is 0 Å². The summed E-state index contributed by atoms with van der Waals surface area (Å²) in [5.74, 6) is 0.626. The largest absolute Gasteiger partial charge is 0.364 e. The lowest BCUT2D eigenvalue weighted by atomic mass is 10.4. The first-order chi connectivity index (χ1) is 9.93. The lowest BCUT2D eigenvalue weighted by molar-refractivity contribution is 0.520. The Bertz CT molecular complexity index is 693. The molecule has 0 aliphatic heterocycles. The highest BCUT2D eigenvalue weighted by Gasteiger charge is 2.17. The summed E-state index contributed by atoms with van der Waals surface area (Å²) in [5, 5.41) is 4.12. The zero-order valence-electron chi connectivity index (χ0n) is 12.2. The topological polar surface area (TPSA) is 75.2 Å². The maximum Gasteiger partial charge on any atom is 0.244 e. The van der Waals surface area contributed by atoms with E-state index in [1.807, 2.05) is 6.20 Å². The molecule has 0 unspecified atom stereocenters. The molecular formula is C13H18N4O2S2. The molecule has 0 atom stereocenters. The molecule has 0 aliphatic rings. The number of sulfonamides is 1. The van der Waals surface area contributed by atoms with Crippen molar-refractivity contribution < 1.29 is 8.42 Å². The Morgan fingerprint density at radius 2 is 2.00 bits per heavy atom. The lowest BCUT2D eigenvalue weighted by Gasteiger charge is -2.11. The smallest absolute Gasteiger partial charge is 0.244 e. The van der Waals surface area contributed by atoms with Crippen molar-refractivity contribution in [3.63, 3.8) is 0 Å². The van der Waals surface area contributed by atoms with Gasteiger partial charge in [0, 0.05) is 31.4 Å². The van der Waals surface area contributed by atoms with Gasteiger partial charge < -0.3 is 5.32 Å². The number of hydrogen-bond acceptors (Lipinski definition) is 6. The number of nitrogens with zero attached hydrogens (tertiary/aromatic N) is 3. The summed E-state index contributed by atoms with van der Waals surface area (Å²) in [6.45, 7) is 2.67. The molecule has 0 saturated heterocycles. The third-order valence-electron chi connectivity index (χ3n) is 2.89. The zero-order valence-corrected chi connectivity index (χ0v) is 13.8. The van der Waals surface area contributed by atoms with Gasteiger partial charge in [0.25, 0.3) is 0 Å². The highest BCUT2D eigenvalue weighted by molar-refractivity contribution is 7.89. The van der Waals surface area contributed by atoms with E-state index in [-0.39, 0.29) is 4.90 Å². The number of aryl methyl sites for hydroxylation is 1. The number of pyridine rings is 1.